The van der Waals surface area contributed by atoms with Crippen molar-refractivity contribution in [3.8, 4) is 11.5 Å². The number of sulfone groups is 1. The van der Waals surface area contributed by atoms with Gasteiger partial charge in [-0.1, -0.05) is 12.1 Å². The molecule has 0 aromatic heterocycles. The molecule has 0 amide bonds. The molecule has 0 radical (unpaired) electrons. The Bertz CT molecular complexity index is 570. The van der Waals surface area contributed by atoms with Gasteiger partial charge in [0, 0.05) is 12.1 Å². The van der Waals surface area contributed by atoms with Crippen molar-refractivity contribution in [3.63, 3.8) is 0 Å². The molecule has 0 spiro atoms. The Labute approximate surface area is 112 Å². The van der Waals surface area contributed by atoms with Crippen molar-refractivity contribution < 1.29 is 17.9 Å². The van der Waals surface area contributed by atoms with Gasteiger partial charge in [-0.2, -0.15) is 0 Å². The van der Waals surface area contributed by atoms with Gasteiger partial charge in [0.05, 0.1) is 11.5 Å². The Hall–Kier alpha value is -1.27. The van der Waals surface area contributed by atoms with Crippen LogP contribution < -0.4 is 14.8 Å². The molecule has 0 aliphatic carbocycles. The first-order chi connectivity index (χ1) is 9.14. The zero-order valence-corrected chi connectivity index (χ0v) is 11.4. The summed E-state index contributed by atoms with van der Waals surface area (Å²) in [6.07, 6.45) is 0.766. The summed E-state index contributed by atoms with van der Waals surface area (Å²) in [7, 11) is -2.78. The summed E-state index contributed by atoms with van der Waals surface area (Å²) in [5, 5.41) is 3.31. The van der Waals surface area contributed by atoms with Crippen LogP contribution in [0.3, 0.4) is 0 Å². The molecule has 6 heteroatoms. The third-order valence-corrected chi connectivity index (χ3v) is 5.39. The second-order valence-electron chi connectivity index (χ2n) is 5.05. The summed E-state index contributed by atoms with van der Waals surface area (Å²) in [6.45, 7) is 1.67. The molecule has 5 nitrogen and oxygen atoms in total. The monoisotopic (exact) mass is 283 g/mol. The van der Waals surface area contributed by atoms with Gasteiger partial charge in [-0.05, 0) is 24.9 Å². The maximum Gasteiger partial charge on any atom is 0.231 e. The number of para-hydroxylation sites is 1. The van der Waals surface area contributed by atoms with Crippen LogP contribution in [0.2, 0.25) is 0 Å². The van der Waals surface area contributed by atoms with E-state index in [-0.39, 0.29) is 12.7 Å². The van der Waals surface area contributed by atoms with Gasteiger partial charge in [0.15, 0.2) is 21.3 Å². The Morgan fingerprint density at radius 2 is 2.21 bits per heavy atom. The van der Waals surface area contributed by atoms with E-state index in [1.165, 1.54) is 0 Å². The van der Waals surface area contributed by atoms with Crippen molar-refractivity contribution in [1.29, 1.82) is 0 Å². The lowest BCUT2D eigenvalue weighted by Gasteiger charge is -2.10. The molecule has 2 heterocycles. The average molecular weight is 283 g/mol. The number of ether oxygens (including phenoxy) is 2. The summed E-state index contributed by atoms with van der Waals surface area (Å²) in [5.41, 5.74) is 1.05. The quantitative estimate of drug-likeness (QED) is 0.891. The Morgan fingerprint density at radius 3 is 3.00 bits per heavy atom. The summed E-state index contributed by atoms with van der Waals surface area (Å²) in [5.74, 6) is 2.46. The van der Waals surface area contributed by atoms with Crippen LogP contribution in [0.25, 0.3) is 0 Å². The summed E-state index contributed by atoms with van der Waals surface area (Å²) >= 11 is 0. The van der Waals surface area contributed by atoms with E-state index in [1.54, 1.807) is 0 Å². The molecule has 1 aromatic rings. The van der Waals surface area contributed by atoms with E-state index >= 15 is 0 Å². The molecule has 1 fully saturated rings. The van der Waals surface area contributed by atoms with E-state index in [9.17, 15) is 8.42 Å². The molecule has 1 unspecified atom stereocenters. The van der Waals surface area contributed by atoms with Crippen LogP contribution in [0.4, 0.5) is 0 Å². The number of nitrogens with one attached hydrogen (secondary N) is 1. The summed E-state index contributed by atoms with van der Waals surface area (Å²) < 4.78 is 33.5. The lowest BCUT2D eigenvalue weighted by atomic mass is 10.1. The minimum absolute atomic E-state index is 0.235. The van der Waals surface area contributed by atoms with Crippen LogP contribution in [0, 0.1) is 5.92 Å². The van der Waals surface area contributed by atoms with Gasteiger partial charge in [0.25, 0.3) is 0 Å². The van der Waals surface area contributed by atoms with Gasteiger partial charge in [0.1, 0.15) is 0 Å². The first-order valence-corrected chi connectivity index (χ1v) is 8.25. The predicted octanol–water partition coefficient (Wildman–Crippen LogP) is 0.940. The molecule has 1 saturated heterocycles. The zero-order chi connectivity index (χ0) is 13.3. The highest BCUT2D eigenvalue weighted by Gasteiger charge is 2.27. The smallest absolute Gasteiger partial charge is 0.231 e. The first kappa shape index (κ1) is 12.7. The molecule has 104 valence electrons. The Kier molecular flexibility index (Phi) is 3.36. The van der Waals surface area contributed by atoms with Crippen molar-refractivity contribution in [2.75, 3.05) is 24.8 Å². The van der Waals surface area contributed by atoms with Crippen LogP contribution >= 0.6 is 0 Å². The highest BCUT2D eigenvalue weighted by Crippen LogP contribution is 2.35. The molecule has 2 aliphatic rings. The van der Waals surface area contributed by atoms with Crippen molar-refractivity contribution >= 4 is 9.84 Å². The lowest BCUT2D eigenvalue weighted by Crippen LogP contribution is -2.23. The fourth-order valence-corrected chi connectivity index (χ4v) is 4.44. The molecule has 3 rings (SSSR count). The van der Waals surface area contributed by atoms with Gasteiger partial charge >= 0.3 is 0 Å². The lowest BCUT2D eigenvalue weighted by molar-refractivity contribution is 0.173. The number of hydrogen-bond donors (Lipinski definition) is 1. The summed E-state index contributed by atoms with van der Waals surface area (Å²) in [6, 6.07) is 5.81. The molecule has 1 N–H and O–H groups in total. The maximum absolute atomic E-state index is 11.4. The van der Waals surface area contributed by atoms with E-state index in [1.807, 2.05) is 18.2 Å². The molecule has 19 heavy (non-hydrogen) atoms. The SMILES string of the molecule is O=S1(=O)CCC(CNCc2cccc3c2OCO3)C1. The standard InChI is InChI=1S/C13H17NO4S/c15-19(16)5-4-10(8-19)6-14-7-11-2-1-3-12-13(11)18-9-17-12/h1-3,10,14H,4-9H2. The number of rotatable bonds is 4. The van der Waals surface area contributed by atoms with Crippen molar-refractivity contribution in [3.05, 3.63) is 23.8 Å². The van der Waals surface area contributed by atoms with Gasteiger partial charge in [0.2, 0.25) is 6.79 Å². The van der Waals surface area contributed by atoms with Crippen molar-refractivity contribution in [2.45, 2.75) is 13.0 Å². The van der Waals surface area contributed by atoms with Gasteiger partial charge in [-0.3, -0.25) is 0 Å². The third-order valence-electron chi connectivity index (χ3n) is 3.55. The van der Waals surface area contributed by atoms with E-state index < -0.39 is 9.84 Å². The topological polar surface area (TPSA) is 64.6 Å². The highest BCUT2D eigenvalue weighted by atomic mass is 32.2. The van der Waals surface area contributed by atoms with E-state index in [4.69, 9.17) is 9.47 Å². The van der Waals surface area contributed by atoms with Crippen molar-refractivity contribution in [1.82, 2.24) is 5.32 Å². The second kappa shape index (κ2) is 5.02. The summed E-state index contributed by atoms with van der Waals surface area (Å²) in [4.78, 5) is 0. The molecule has 1 aromatic carbocycles. The minimum Gasteiger partial charge on any atom is -0.454 e. The van der Waals surface area contributed by atoms with E-state index in [0.29, 0.717) is 18.1 Å². The normalized spacial score (nSPS) is 23.7. The fourth-order valence-electron chi connectivity index (χ4n) is 2.57. The van der Waals surface area contributed by atoms with E-state index in [0.717, 1.165) is 30.0 Å². The molecule has 0 saturated carbocycles. The molecular formula is C13H17NO4S. The largest absolute Gasteiger partial charge is 0.454 e. The minimum atomic E-state index is -2.78. The first-order valence-electron chi connectivity index (χ1n) is 6.43. The maximum atomic E-state index is 11.4. The number of benzene rings is 1. The van der Waals surface area contributed by atoms with Crippen LogP contribution in [0.5, 0.6) is 11.5 Å². The molecular weight excluding hydrogens is 266 g/mol. The average Bonchev–Trinajstić information content (AvgIpc) is 2.96. The van der Waals surface area contributed by atoms with Crippen LogP contribution in [-0.2, 0) is 16.4 Å². The van der Waals surface area contributed by atoms with E-state index in [2.05, 4.69) is 5.32 Å². The zero-order valence-electron chi connectivity index (χ0n) is 10.6. The van der Waals surface area contributed by atoms with Crippen LogP contribution in [0.15, 0.2) is 18.2 Å². The molecule has 2 aliphatic heterocycles. The number of fused-ring (bicyclic) bond motifs is 1. The van der Waals surface area contributed by atoms with Gasteiger partial charge in [-0.25, -0.2) is 8.42 Å². The van der Waals surface area contributed by atoms with Gasteiger partial charge < -0.3 is 14.8 Å². The fraction of sp³-hybridized carbons (Fsp3) is 0.538. The Balaban J connectivity index is 1.55. The highest BCUT2D eigenvalue weighted by molar-refractivity contribution is 7.91. The Morgan fingerprint density at radius 1 is 1.32 bits per heavy atom. The molecule has 1 atom stereocenters. The van der Waals surface area contributed by atoms with Crippen LogP contribution in [-0.4, -0.2) is 33.3 Å². The third kappa shape index (κ3) is 2.84. The molecule has 0 bridgehead atoms. The van der Waals surface area contributed by atoms with Gasteiger partial charge in [-0.15, -0.1) is 0 Å². The van der Waals surface area contributed by atoms with Crippen LogP contribution in [0.1, 0.15) is 12.0 Å². The predicted molar refractivity (Wildman–Crippen MR) is 71.0 cm³/mol. The van der Waals surface area contributed by atoms with Crippen molar-refractivity contribution in [2.24, 2.45) is 5.92 Å². The number of hydrogen-bond acceptors (Lipinski definition) is 5. The second-order valence-corrected chi connectivity index (χ2v) is 7.28.